The first-order chi connectivity index (χ1) is 9.72. The van der Waals surface area contributed by atoms with E-state index in [0.717, 1.165) is 10.9 Å². The number of hydrogen-bond acceptors (Lipinski definition) is 3. The minimum atomic E-state index is -0.204. The van der Waals surface area contributed by atoms with Gasteiger partial charge in [-0.15, -0.1) is 0 Å². The molecule has 0 aliphatic heterocycles. The molecule has 98 valence electrons. The summed E-state index contributed by atoms with van der Waals surface area (Å²) in [4.78, 5) is 12.0. The summed E-state index contributed by atoms with van der Waals surface area (Å²) in [5.74, 6) is 0.274. The second-order valence-electron chi connectivity index (χ2n) is 4.44. The van der Waals surface area contributed by atoms with E-state index in [1.807, 2.05) is 30.3 Å². The molecule has 0 spiro atoms. The van der Waals surface area contributed by atoms with Crippen molar-refractivity contribution in [2.24, 2.45) is 0 Å². The minimum absolute atomic E-state index is 0.170. The van der Waals surface area contributed by atoms with Crippen molar-refractivity contribution in [2.45, 2.75) is 0 Å². The number of benzene rings is 2. The number of para-hydroxylation sites is 1. The summed E-state index contributed by atoms with van der Waals surface area (Å²) in [6, 6.07) is 15.9. The molecule has 0 amide bonds. The van der Waals surface area contributed by atoms with Crippen LogP contribution in [-0.4, -0.2) is 10.9 Å². The summed E-state index contributed by atoms with van der Waals surface area (Å²) >= 11 is 0. The zero-order chi connectivity index (χ0) is 13.9. The molecule has 1 N–H and O–H groups in total. The molecule has 0 aliphatic rings. The van der Waals surface area contributed by atoms with E-state index in [1.54, 1.807) is 30.3 Å². The zero-order valence-electron chi connectivity index (χ0n) is 10.6. The van der Waals surface area contributed by atoms with Crippen LogP contribution in [-0.2, 0) is 0 Å². The molecule has 0 atom stereocenters. The van der Waals surface area contributed by atoms with Gasteiger partial charge >= 0.3 is 0 Å². The second kappa shape index (κ2) is 5.05. The maximum absolute atomic E-state index is 12.0. The van der Waals surface area contributed by atoms with Crippen LogP contribution in [0, 0.1) is 0 Å². The van der Waals surface area contributed by atoms with Gasteiger partial charge in [0.25, 0.3) is 0 Å². The predicted octanol–water partition coefficient (Wildman–Crippen LogP) is 4.03. The van der Waals surface area contributed by atoms with Crippen molar-refractivity contribution in [1.29, 1.82) is 0 Å². The first-order valence-electron chi connectivity index (χ1n) is 6.22. The maximum atomic E-state index is 12.0. The molecule has 0 saturated heterocycles. The molecule has 2 aromatic carbocycles. The first kappa shape index (κ1) is 12.2. The summed E-state index contributed by atoms with van der Waals surface area (Å²) in [5, 5.41) is 10.3. The monoisotopic (exact) mass is 264 g/mol. The van der Waals surface area contributed by atoms with Gasteiger partial charge in [-0.05, 0) is 35.9 Å². The zero-order valence-corrected chi connectivity index (χ0v) is 10.6. The number of furan rings is 1. The second-order valence-corrected chi connectivity index (χ2v) is 4.44. The quantitative estimate of drug-likeness (QED) is 0.574. The van der Waals surface area contributed by atoms with Gasteiger partial charge in [0.15, 0.2) is 5.76 Å². The molecular formula is C17H12O3. The normalized spacial score (nSPS) is 11.2. The van der Waals surface area contributed by atoms with Gasteiger partial charge in [0, 0.05) is 5.39 Å². The van der Waals surface area contributed by atoms with Crippen molar-refractivity contribution in [3.8, 4) is 5.75 Å². The van der Waals surface area contributed by atoms with Crippen LogP contribution in [0.1, 0.15) is 16.1 Å². The number of fused-ring (bicyclic) bond motifs is 1. The van der Waals surface area contributed by atoms with Crippen LogP contribution in [0.2, 0.25) is 0 Å². The van der Waals surface area contributed by atoms with E-state index in [1.165, 1.54) is 6.08 Å². The van der Waals surface area contributed by atoms with Crippen LogP contribution in [0.15, 0.2) is 65.1 Å². The Morgan fingerprint density at radius 3 is 2.70 bits per heavy atom. The van der Waals surface area contributed by atoms with E-state index in [2.05, 4.69) is 0 Å². The number of hydrogen-bond donors (Lipinski definition) is 1. The standard InChI is InChI=1S/C17H12O3/c18-14-6-3-4-12(10-14)8-9-15(19)17-11-13-5-1-2-7-16(13)20-17/h1-11,18H/b9-8-. The van der Waals surface area contributed by atoms with Crippen molar-refractivity contribution < 1.29 is 14.3 Å². The molecule has 0 fully saturated rings. The fourth-order valence-corrected chi connectivity index (χ4v) is 1.99. The molecule has 3 rings (SSSR count). The number of phenolic OH excluding ortho intramolecular Hbond substituents is 1. The van der Waals surface area contributed by atoms with Gasteiger partial charge in [-0.2, -0.15) is 0 Å². The Morgan fingerprint density at radius 1 is 1.05 bits per heavy atom. The van der Waals surface area contributed by atoms with E-state index in [-0.39, 0.29) is 11.5 Å². The smallest absolute Gasteiger partial charge is 0.221 e. The fraction of sp³-hybridized carbons (Fsp3) is 0. The molecule has 0 bridgehead atoms. The van der Waals surface area contributed by atoms with Gasteiger partial charge < -0.3 is 9.52 Å². The highest BCUT2D eigenvalue weighted by molar-refractivity contribution is 6.06. The molecule has 0 radical (unpaired) electrons. The molecule has 20 heavy (non-hydrogen) atoms. The summed E-state index contributed by atoms with van der Waals surface area (Å²) < 4.78 is 5.49. The van der Waals surface area contributed by atoms with E-state index >= 15 is 0 Å². The van der Waals surface area contributed by atoms with Crippen molar-refractivity contribution in [1.82, 2.24) is 0 Å². The van der Waals surface area contributed by atoms with Crippen molar-refractivity contribution in [3.63, 3.8) is 0 Å². The minimum Gasteiger partial charge on any atom is -0.508 e. The van der Waals surface area contributed by atoms with E-state index < -0.39 is 0 Å². The lowest BCUT2D eigenvalue weighted by molar-refractivity contribution is 0.102. The van der Waals surface area contributed by atoms with Crippen LogP contribution in [0.5, 0.6) is 5.75 Å². The molecule has 3 aromatic rings. The summed E-state index contributed by atoms with van der Waals surface area (Å²) in [5.41, 5.74) is 1.45. The summed E-state index contributed by atoms with van der Waals surface area (Å²) in [6.07, 6.45) is 3.09. The summed E-state index contributed by atoms with van der Waals surface area (Å²) in [7, 11) is 0. The van der Waals surface area contributed by atoms with Crippen molar-refractivity contribution in [3.05, 3.63) is 72.0 Å². The lowest BCUT2D eigenvalue weighted by atomic mass is 10.1. The number of aromatic hydroxyl groups is 1. The highest BCUT2D eigenvalue weighted by Gasteiger charge is 2.08. The molecular weight excluding hydrogens is 252 g/mol. The van der Waals surface area contributed by atoms with Crippen LogP contribution in [0.4, 0.5) is 0 Å². The Balaban J connectivity index is 1.85. The number of ketones is 1. The molecule has 0 saturated carbocycles. The van der Waals surface area contributed by atoms with Crippen molar-refractivity contribution in [2.75, 3.05) is 0 Å². The number of phenols is 1. The number of allylic oxidation sites excluding steroid dienone is 1. The van der Waals surface area contributed by atoms with Crippen LogP contribution in [0.3, 0.4) is 0 Å². The largest absolute Gasteiger partial charge is 0.508 e. The highest BCUT2D eigenvalue weighted by Crippen LogP contribution is 2.20. The van der Waals surface area contributed by atoms with Crippen LogP contribution >= 0.6 is 0 Å². The van der Waals surface area contributed by atoms with E-state index in [0.29, 0.717) is 11.3 Å². The average Bonchev–Trinajstić information content (AvgIpc) is 2.89. The number of carbonyl (C=O) groups excluding carboxylic acids is 1. The molecule has 3 heteroatoms. The van der Waals surface area contributed by atoms with Gasteiger partial charge in [-0.1, -0.05) is 36.4 Å². The van der Waals surface area contributed by atoms with Crippen LogP contribution in [0.25, 0.3) is 17.0 Å². The van der Waals surface area contributed by atoms with Gasteiger partial charge in [0.1, 0.15) is 11.3 Å². The fourth-order valence-electron chi connectivity index (χ4n) is 1.99. The third-order valence-corrected chi connectivity index (χ3v) is 2.97. The Bertz CT molecular complexity index is 764. The Kier molecular flexibility index (Phi) is 3.09. The molecule has 1 heterocycles. The SMILES string of the molecule is O=C(/C=C\c1cccc(O)c1)c1cc2ccccc2o1. The Hall–Kier alpha value is -2.81. The summed E-state index contributed by atoms with van der Waals surface area (Å²) in [6.45, 7) is 0. The van der Waals surface area contributed by atoms with Crippen molar-refractivity contribution >= 4 is 22.8 Å². The third-order valence-electron chi connectivity index (χ3n) is 2.97. The number of rotatable bonds is 3. The van der Waals surface area contributed by atoms with Gasteiger partial charge in [0.2, 0.25) is 5.78 Å². The molecule has 1 aromatic heterocycles. The van der Waals surface area contributed by atoms with Gasteiger partial charge in [-0.25, -0.2) is 0 Å². The lowest BCUT2D eigenvalue weighted by Crippen LogP contribution is -1.90. The van der Waals surface area contributed by atoms with Gasteiger partial charge in [-0.3, -0.25) is 4.79 Å². The first-order valence-corrected chi connectivity index (χ1v) is 6.22. The third kappa shape index (κ3) is 2.47. The Morgan fingerprint density at radius 2 is 1.90 bits per heavy atom. The van der Waals surface area contributed by atoms with Gasteiger partial charge in [0.05, 0.1) is 0 Å². The molecule has 0 unspecified atom stereocenters. The number of carbonyl (C=O) groups is 1. The Labute approximate surface area is 115 Å². The molecule has 0 aliphatic carbocycles. The predicted molar refractivity (Wildman–Crippen MR) is 77.7 cm³/mol. The topological polar surface area (TPSA) is 50.4 Å². The van der Waals surface area contributed by atoms with E-state index in [4.69, 9.17) is 4.42 Å². The van der Waals surface area contributed by atoms with E-state index in [9.17, 15) is 9.90 Å². The molecule has 3 nitrogen and oxygen atoms in total. The average molecular weight is 264 g/mol. The maximum Gasteiger partial charge on any atom is 0.221 e. The highest BCUT2D eigenvalue weighted by atomic mass is 16.3. The lowest BCUT2D eigenvalue weighted by Gasteiger charge is -1.94. The van der Waals surface area contributed by atoms with Crippen LogP contribution < -0.4 is 0 Å².